The van der Waals surface area contributed by atoms with Crippen LogP contribution in [-0.2, 0) is 6.54 Å². The molecule has 4 heteroatoms. The fourth-order valence-electron chi connectivity index (χ4n) is 2.02. The molecule has 0 unspecified atom stereocenters. The third kappa shape index (κ3) is 4.64. The first kappa shape index (κ1) is 15.6. The van der Waals surface area contributed by atoms with E-state index in [1.165, 1.54) is 12.1 Å². The Morgan fingerprint density at radius 2 is 2.00 bits per heavy atom. The van der Waals surface area contributed by atoms with Gasteiger partial charge in [-0.3, -0.25) is 0 Å². The fourth-order valence-corrected chi connectivity index (χ4v) is 2.26. The molecule has 0 aliphatic heterocycles. The summed E-state index contributed by atoms with van der Waals surface area (Å²) in [6.45, 7) is 5.25. The highest BCUT2D eigenvalue weighted by atomic mass is 35.5. The van der Waals surface area contributed by atoms with Crippen molar-refractivity contribution in [3.63, 3.8) is 0 Å². The largest absolute Gasteiger partial charge is 0.491 e. The van der Waals surface area contributed by atoms with Gasteiger partial charge in [-0.1, -0.05) is 24.6 Å². The maximum absolute atomic E-state index is 13.3. The van der Waals surface area contributed by atoms with Gasteiger partial charge < -0.3 is 10.1 Å². The smallest absolute Gasteiger partial charge is 0.142 e. The number of hydrogen-bond donors (Lipinski definition) is 1. The molecule has 0 saturated carbocycles. The molecule has 21 heavy (non-hydrogen) atoms. The van der Waals surface area contributed by atoms with Crippen molar-refractivity contribution in [2.75, 3.05) is 11.9 Å². The Kier molecular flexibility index (Phi) is 5.45. The van der Waals surface area contributed by atoms with E-state index in [1.807, 2.05) is 25.1 Å². The number of nitrogens with one attached hydrogen (secondary N) is 1. The summed E-state index contributed by atoms with van der Waals surface area (Å²) in [5.74, 6) is 0.491. The topological polar surface area (TPSA) is 21.3 Å². The molecule has 0 aliphatic carbocycles. The molecule has 0 heterocycles. The van der Waals surface area contributed by atoms with Crippen molar-refractivity contribution in [1.82, 2.24) is 0 Å². The van der Waals surface area contributed by atoms with Crippen molar-refractivity contribution in [3.05, 3.63) is 58.4 Å². The fraction of sp³-hybridized carbons (Fsp3) is 0.294. The molecule has 0 aliphatic rings. The second-order valence-corrected chi connectivity index (χ2v) is 5.42. The molecule has 0 fully saturated rings. The van der Waals surface area contributed by atoms with Crippen LogP contribution in [0, 0.1) is 12.7 Å². The van der Waals surface area contributed by atoms with Gasteiger partial charge in [0.05, 0.1) is 12.3 Å². The Hall–Kier alpha value is -1.74. The van der Waals surface area contributed by atoms with Gasteiger partial charge in [0.2, 0.25) is 0 Å². The highest BCUT2D eigenvalue weighted by Gasteiger charge is 2.05. The van der Waals surface area contributed by atoms with Gasteiger partial charge in [-0.25, -0.2) is 4.39 Å². The van der Waals surface area contributed by atoms with E-state index < -0.39 is 0 Å². The quantitative estimate of drug-likeness (QED) is 0.793. The number of ether oxygens (including phenoxy) is 1. The van der Waals surface area contributed by atoms with E-state index in [2.05, 4.69) is 12.2 Å². The van der Waals surface area contributed by atoms with Gasteiger partial charge in [-0.15, -0.1) is 0 Å². The summed E-state index contributed by atoms with van der Waals surface area (Å²) in [6, 6.07) is 10.5. The van der Waals surface area contributed by atoms with Crippen LogP contribution in [0.4, 0.5) is 10.1 Å². The monoisotopic (exact) mass is 307 g/mol. The molecule has 0 amide bonds. The summed E-state index contributed by atoms with van der Waals surface area (Å²) < 4.78 is 19.1. The number of aryl methyl sites for hydroxylation is 1. The second-order valence-electron chi connectivity index (χ2n) is 4.98. The van der Waals surface area contributed by atoms with Crippen LogP contribution in [0.15, 0.2) is 36.4 Å². The predicted molar refractivity (Wildman–Crippen MR) is 85.7 cm³/mol. The predicted octanol–water partition coefficient (Wildman–Crippen LogP) is 5.19. The van der Waals surface area contributed by atoms with Crippen LogP contribution in [-0.4, -0.2) is 6.61 Å². The molecular weight excluding hydrogens is 289 g/mol. The molecule has 2 aromatic rings. The Bertz CT molecular complexity index is 595. The lowest BCUT2D eigenvalue weighted by Gasteiger charge is -2.14. The van der Waals surface area contributed by atoms with Crippen LogP contribution in [0.3, 0.4) is 0 Å². The summed E-state index contributed by atoms with van der Waals surface area (Å²) in [6.07, 6.45) is 0.951. The molecule has 2 rings (SSSR count). The summed E-state index contributed by atoms with van der Waals surface area (Å²) in [5.41, 5.74) is 2.83. The van der Waals surface area contributed by atoms with Crippen molar-refractivity contribution in [2.24, 2.45) is 0 Å². The number of benzene rings is 2. The van der Waals surface area contributed by atoms with Crippen molar-refractivity contribution < 1.29 is 9.13 Å². The van der Waals surface area contributed by atoms with Crippen LogP contribution in [0.25, 0.3) is 0 Å². The third-order valence-electron chi connectivity index (χ3n) is 3.00. The molecule has 0 spiro atoms. The zero-order valence-electron chi connectivity index (χ0n) is 12.2. The van der Waals surface area contributed by atoms with E-state index >= 15 is 0 Å². The van der Waals surface area contributed by atoms with Crippen LogP contribution < -0.4 is 10.1 Å². The number of rotatable bonds is 6. The van der Waals surface area contributed by atoms with Crippen LogP contribution in [0.5, 0.6) is 5.75 Å². The Morgan fingerprint density at radius 3 is 2.71 bits per heavy atom. The van der Waals surface area contributed by atoms with E-state index in [-0.39, 0.29) is 5.82 Å². The highest BCUT2D eigenvalue weighted by molar-refractivity contribution is 6.30. The van der Waals surface area contributed by atoms with E-state index in [0.29, 0.717) is 18.2 Å². The molecule has 0 radical (unpaired) electrons. The second kappa shape index (κ2) is 7.32. The first-order chi connectivity index (χ1) is 10.1. The zero-order valence-corrected chi connectivity index (χ0v) is 13.0. The van der Waals surface area contributed by atoms with E-state index in [4.69, 9.17) is 16.3 Å². The van der Waals surface area contributed by atoms with Crippen LogP contribution in [0.2, 0.25) is 5.02 Å². The lowest BCUT2D eigenvalue weighted by Crippen LogP contribution is -2.04. The highest BCUT2D eigenvalue weighted by Crippen LogP contribution is 2.27. The molecule has 0 bridgehead atoms. The average molecular weight is 308 g/mol. The molecule has 0 aromatic heterocycles. The molecule has 0 atom stereocenters. The summed E-state index contributed by atoms with van der Waals surface area (Å²) >= 11 is 5.86. The van der Waals surface area contributed by atoms with Gasteiger partial charge in [0.25, 0.3) is 0 Å². The van der Waals surface area contributed by atoms with Crippen LogP contribution in [0.1, 0.15) is 24.5 Å². The zero-order chi connectivity index (χ0) is 15.2. The molecule has 1 N–H and O–H groups in total. The minimum absolute atomic E-state index is 0.328. The SMILES string of the molecule is CCCOc1cc(C)ccc1NCc1cc(F)cc(Cl)c1. The van der Waals surface area contributed by atoms with Gasteiger partial charge in [-0.2, -0.15) is 0 Å². The van der Waals surface area contributed by atoms with Crippen molar-refractivity contribution in [3.8, 4) is 5.75 Å². The number of anilines is 1. The third-order valence-corrected chi connectivity index (χ3v) is 3.22. The Morgan fingerprint density at radius 1 is 1.19 bits per heavy atom. The van der Waals surface area contributed by atoms with Gasteiger partial charge in [-0.05, 0) is 54.8 Å². The Balaban J connectivity index is 2.11. The minimum atomic E-state index is -0.328. The maximum atomic E-state index is 13.3. The lowest BCUT2D eigenvalue weighted by atomic mass is 10.2. The van der Waals surface area contributed by atoms with Gasteiger partial charge in [0.15, 0.2) is 0 Å². The molecular formula is C17H19ClFNO. The molecule has 2 nitrogen and oxygen atoms in total. The molecule has 2 aromatic carbocycles. The number of halogens is 2. The minimum Gasteiger partial charge on any atom is -0.491 e. The summed E-state index contributed by atoms with van der Waals surface area (Å²) in [5, 5.41) is 3.67. The summed E-state index contributed by atoms with van der Waals surface area (Å²) in [7, 11) is 0. The molecule has 0 saturated heterocycles. The number of hydrogen-bond acceptors (Lipinski definition) is 2. The van der Waals surface area contributed by atoms with E-state index in [0.717, 1.165) is 29.0 Å². The van der Waals surface area contributed by atoms with E-state index in [9.17, 15) is 4.39 Å². The first-order valence-electron chi connectivity index (χ1n) is 7.01. The average Bonchev–Trinajstić information content (AvgIpc) is 2.43. The normalized spacial score (nSPS) is 10.5. The van der Waals surface area contributed by atoms with Crippen molar-refractivity contribution in [2.45, 2.75) is 26.8 Å². The summed E-state index contributed by atoms with van der Waals surface area (Å²) in [4.78, 5) is 0. The van der Waals surface area contributed by atoms with E-state index in [1.54, 1.807) is 6.07 Å². The first-order valence-corrected chi connectivity index (χ1v) is 7.38. The van der Waals surface area contributed by atoms with Gasteiger partial charge >= 0.3 is 0 Å². The maximum Gasteiger partial charge on any atom is 0.142 e. The lowest BCUT2D eigenvalue weighted by molar-refractivity contribution is 0.318. The van der Waals surface area contributed by atoms with Crippen molar-refractivity contribution in [1.29, 1.82) is 0 Å². The van der Waals surface area contributed by atoms with Gasteiger partial charge in [0.1, 0.15) is 11.6 Å². The standard InChI is InChI=1S/C17H19ClFNO/c1-3-6-21-17-7-12(2)4-5-16(17)20-11-13-8-14(18)10-15(19)9-13/h4-5,7-10,20H,3,6,11H2,1-2H3. The van der Waals surface area contributed by atoms with Crippen molar-refractivity contribution >= 4 is 17.3 Å². The van der Waals surface area contributed by atoms with Gasteiger partial charge in [0, 0.05) is 11.6 Å². The molecule has 112 valence electrons. The van der Waals surface area contributed by atoms with Crippen LogP contribution >= 0.6 is 11.6 Å². The Labute approximate surface area is 129 Å².